The van der Waals surface area contributed by atoms with Gasteiger partial charge in [-0.2, -0.15) is 0 Å². The van der Waals surface area contributed by atoms with Crippen LogP contribution in [0.25, 0.3) is 10.2 Å². The van der Waals surface area contributed by atoms with Crippen LogP contribution >= 0.6 is 11.3 Å². The molecule has 0 unspecified atom stereocenters. The van der Waals surface area contributed by atoms with E-state index in [0.29, 0.717) is 34.0 Å². The van der Waals surface area contributed by atoms with E-state index in [1.54, 1.807) is 6.07 Å². The highest BCUT2D eigenvalue weighted by molar-refractivity contribution is 7.21. The number of esters is 1. The molecule has 9 nitrogen and oxygen atoms in total. The minimum atomic E-state index is -0.429. The third-order valence-corrected chi connectivity index (χ3v) is 5.82. The molecule has 2 aromatic carbocycles. The van der Waals surface area contributed by atoms with Crippen LogP contribution in [0.2, 0.25) is 0 Å². The normalized spacial score (nSPS) is 13.6. The Morgan fingerprint density at radius 1 is 1.30 bits per heavy atom. The van der Waals surface area contributed by atoms with E-state index < -0.39 is 4.92 Å². The van der Waals surface area contributed by atoms with Crippen molar-refractivity contribution in [2.24, 2.45) is 10.2 Å². The lowest BCUT2D eigenvalue weighted by atomic mass is 10.0. The maximum Gasteiger partial charge on any atom is 0.307 e. The Balaban J connectivity index is 1.51. The van der Waals surface area contributed by atoms with Crippen LogP contribution in [0.4, 0.5) is 22.2 Å². The van der Waals surface area contributed by atoms with Crippen molar-refractivity contribution in [1.29, 1.82) is 0 Å². The molecule has 0 saturated heterocycles. The molecule has 1 aliphatic rings. The van der Waals surface area contributed by atoms with E-state index in [0.717, 1.165) is 25.1 Å². The summed E-state index contributed by atoms with van der Waals surface area (Å²) in [6.07, 6.45) is 2.30. The molecule has 1 aromatic heterocycles. The highest BCUT2D eigenvalue weighted by Crippen LogP contribution is 2.34. The fraction of sp³-hybridized carbons (Fsp3) is 0.300. The first-order chi connectivity index (χ1) is 14.5. The van der Waals surface area contributed by atoms with Crippen molar-refractivity contribution in [3.05, 3.63) is 52.1 Å². The summed E-state index contributed by atoms with van der Waals surface area (Å²) in [4.78, 5) is 28.5. The number of carbonyl (C=O) groups is 1. The standard InChI is InChI=1S/C20H19N5O4S/c1-29-19(26)8-10-24-9-2-3-13-11-14(4-7-17(13)24)22-23-20-21-16-6-5-15(25(27)28)12-18(16)30-20/h4-7,11-12H,2-3,8-10H2,1H3. The molecule has 0 spiro atoms. The Kier molecular flexibility index (Phi) is 5.66. The van der Waals surface area contributed by atoms with Gasteiger partial charge in [-0.25, -0.2) is 4.98 Å². The maximum atomic E-state index is 11.4. The second kappa shape index (κ2) is 8.54. The lowest BCUT2D eigenvalue weighted by Gasteiger charge is -2.31. The molecule has 0 N–H and O–H groups in total. The zero-order valence-corrected chi connectivity index (χ0v) is 17.1. The fourth-order valence-corrected chi connectivity index (χ4v) is 4.26. The number of non-ortho nitro benzene ring substituents is 1. The fourth-order valence-electron chi connectivity index (χ4n) is 3.44. The van der Waals surface area contributed by atoms with E-state index in [-0.39, 0.29) is 11.7 Å². The van der Waals surface area contributed by atoms with Crippen LogP contribution in [0, 0.1) is 10.1 Å². The second-order valence-electron chi connectivity index (χ2n) is 6.84. The number of carbonyl (C=O) groups excluding carboxylic acids is 1. The molecule has 154 valence electrons. The molecule has 0 aliphatic carbocycles. The number of aryl methyl sites for hydroxylation is 1. The van der Waals surface area contributed by atoms with Gasteiger partial charge in [-0.3, -0.25) is 14.9 Å². The number of nitrogens with zero attached hydrogens (tertiary/aromatic N) is 5. The molecule has 3 aromatic rings. The minimum Gasteiger partial charge on any atom is -0.469 e. The first kappa shape index (κ1) is 19.9. The van der Waals surface area contributed by atoms with E-state index in [4.69, 9.17) is 4.74 Å². The quantitative estimate of drug-likeness (QED) is 0.239. The molecule has 0 radical (unpaired) electrons. The number of rotatable bonds is 6. The van der Waals surface area contributed by atoms with E-state index in [1.165, 1.54) is 36.1 Å². The number of hydrogen-bond donors (Lipinski definition) is 0. The number of azo groups is 1. The number of nitro groups is 1. The molecule has 10 heteroatoms. The molecule has 0 atom stereocenters. The van der Waals surface area contributed by atoms with Gasteiger partial charge in [-0.15, -0.1) is 10.2 Å². The molecule has 0 amide bonds. The van der Waals surface area contributed by atoms with Crippen LogP contribution in [-0.2, 0) is 16.0 Å². The van der Waals surface area contributed by atoms with Gasteiger partial charge in [0.2, 0.25) is 5.13 Å². The molecule has 1 aliphatic heterocycles. The van der Waals surface area contributed by atoms with E-state index in [9.17, 15) is 14.9 Å². The molecule has 0 bridgehead atoms. The summed E-state index contributed by atoms with van der Waals surface area (Å²) in [5.41, 5.74) is 3.68. The van der Waals surface area contributed by atoms with Crippen molar-refractivity contribution in [3.8, 4) is 0 Å². The molecule has 4 rings (SSSR count). The molecule has 30 heavy (non-hydrogen) atoms. The van der Waals surface area contributed by atoms with Crippen molar-refractivity contribution < 1.29 is 14.5 Å². The van der Waals surface area contributed by atoms with Crippen LogP contribution in [-0.4, -0.2) is 36.1 Å². The molecule has 0 saturated carbocycles. The highest BCUT2D eigenvalue weighted by Gasteiger charge is 2.18. The second-order valence-corrected chi connectivity index (χ2v) is 7.84. The predicted molar refractivity (Wildman–Crippen MR) is 114 cm³/mol. The highest BCUT2D eigenvalue weighted by atomic mass is 32.1. The Bertz CT molecular complexity index is 1140. The first-order valence-electron chi connectivity index (χ1n) is 9.45. The van der Waals surface area contributed by atoms with Crippen LogP contribution in [0.1, 0.15) is 18.4 Å². The Morgan fingerprint density at radius 2 is 2.17 bits per heavy atom. The summed E-state index contributed by atoms with van der Waals surface area (Å²) in [5.74, 6) is -0.214. The summed E-state index contributed by atoms with van der Waals surface area (Å²) in [6, 6.07) is 10.4. The van der Waals surface area contributed by atoms with Gasteiger partial charge in [-0.1, -0.05) is 11.3 Å². The smallest absolute Gasteiger partial charge is 0.307 e. The van der Waals surface area contributed by atoms with Crippen molar-refractivity contribution in [1.82, 2.24) is 4.98 Å². The van der Waals surface area contributed by atoms with Crippen molar-refractivity contribution in [3.63, 3.8) is 0 Å². The number of thiazole rings is 1. The molecule has 2 heterocycles. The van der Waals surface area contributed by atoms with Gasteiger partial charge in [0, 0.05) is 30.9 Å². The van der Waals surface area contributed by atoms with E-state index >= 15 is 0 Å². The Labute approximate surface area is 176 Å². The summed E-state index contributed by atoms with van der Waals surface area (Å²) < 4.78 is 5.43. The van der Waals surface area contributed by atoms with Crippen LogP contribution in [0.15, 0.2) is 46.6 Å². The van der Waals surface area contributed by atoms with Crippen LogP contribution in [0.5, 0.6) is 0 Å². The van der Waals surface area contributed by atoms with Gasteiger partial charge in [0.05, 0.1) is 34.4 Å². The number of ether oxygens (including phenoxy) is 1. The lowest BCUT2D eigenvalue weighted by molar-refractivity contribution is -0.384. The topological polar surface area (TPSA) is 110 Å². The number of nitro benzene ring substituents is 1. The number of benzene rings is 2. The number of aromatic nitrogens is 1. The minimum absolute atomic E-state index is 0.0288. The van der Waals surface area contributed by atoms with Crippen molar-refractivity contribution in [2.45, 2.75) is 19.3 Å². The summed E-state index contributed by atoms with van der Waals surface area (Å²) in [5, 5.41) is 19.9. The Hall–Kier alpha value is -3.40. The van der Waals surface area contributed by atoms with Crippen molar-refractivity contribution >= 4 is 49.7 Å². The predicted octanol–water partition coefficient (Wildman–Crippen LogP) is 4.94. The van der Waals surface area contributed by atoms with Gasteiger partial charge in [0.15, 0.2) is 0 Å². The maximum absolute atomic E-state index is 11.4. The average molecular weight is 425 g/mol. The SMILES string of the molecule is COC(=O)CCN1CCCc2cc(N=Nc3nc4ccc([N+](=O)[O-])cc4s3)ccc21. The zero-order valence-electron chi connectivity index (χ0n) is 16.3. The zero-order chi connectivity index (χ0) is 21.1. The summed E-state index contributed by atoms with van der Waals surface area (Å²) >= 11 is 1.26. The molecular weight excluding hydrogens is 406 g/mol. The molecular formula is C20H19N5O4S. The summed E-state index contributed by atoms with van der Waals surface area (Å²) in [6.45, 7) is 1.53. The van der Waals surface area contributed by atoms with Gasteiger partial charge in [0.25, 0.3) is 5.69 Å². The summed E-state index contributed by atoms with van der Waals surface area (Å²) in [7, 11) is 1.40. The number of methoxy groups -OCH3 is 1. The lowest BCUT2D eigenvalue weighted by Crippen LogP contribution is -2.31. The van der Waals surface area contributed by atoms with Gasteiger partial charge >= 0.3 is 5.97 Å². The van der Waals surface area contributed by atoms with Crippen LogP contribution < -0.4 is 4.90 Å². The van der Waals surface area contributed by atoms with Gasteiger partial charge in [0.1, 0.15) is 0 Å². The monoisotopic (exact) mass is 425 g/mol. The largest absolute Gasteiger partial charge is 0.469 e. The molecule has 0 fully saturated rings. The average Bonchev–Trinajstić information content (AvgIpc) is 3.17. The van der Waals surface area contributed by atoms with Crippen LogP contribution in [0.3, 0.4) is 0 Å². The van der Waals surface area contributed by atoms with Gasteiger partial charge < -0.3 is 9.64 Å². The first-order valence-corrected chi connectivity index (χ1v) is 10.3. The third-order valence-electron chi connectivity index (χ3n) is 4.91. The Morgan fingerprint density at radius 3 is 2.97 bits per heavy atom. The van der Waals surface area contributed by atoms with E-state index in [1.807, 2.05) is 18.2 Å². The van der Waals surface area contributed by atoms with Crippen molar-refractivity contribution in [2.75, 3.05) is 25.1 Å². The number of anilines is 1. The third kappa shape index (κ3) is 4.28. The van der Waals surface area contributed by atoms with E-state index in [2.05, 4.69) is 20.1 Å². The van der Waals surface area contributed by atoms with Gasteiger partial charge in [-0.05, 0) is 42.7 Å². The number of hydrogen-bond acceptors (Lipinski definition) is 9. The number of fused-ring (bicyclic) bond motifs is 2.